The number of hydrogen-bond acceptors (Lipinski definition) is 3. The summed E-state index contributed by atoms with van der Waals surface area (Å²) in [5.41, 5.74) is 19.2. The molecule has 0 saturated carbocycles. The van der Waals surface area contributed by atoms with Crippen LogP contribution in [0.3, 0.4) is 0 Å². The first-order valence-corrected chi connectivity index (χ1v) is 22.8. The Hall–Kier alpha value is -7.68. The number of para-hydroxylation sites is 3. The number of furan rings is 1. The van der Waals surface area contributed by atoms with Crippen molar-refractivity contribution < 1.29 is 24.5 Å². The van der Waals surface area contributed by atoms with Crippen LogP contribution in [0.15, 0.2) is 193 Å². The Kier molecular flexibility index (Phi) is 13.1. The molecule has 0 aliphatic heterocycles. The van der Waals surface area contributed by atoms with Crippen LogP contribution < -0.4 is 0 Å². The summed E-state index contributed by atoms with van der Waals surface area (Å²) in [4.78, 5) is 13.1. The molecule has 6 heteroatoms. The predicted octanol–water partition coefficient (Wildman–Crippen LogP) is 17.0. The van der Waals surface area contributed by atoms with Gasteiger partial charge in [-0.2, -0.15) is 0 Å². The van der Waals surface area contributed by atoms with E-state index in [1.165, 1.54) is 39.1 Å². The van der Waals surface area contributed by atoms with Crippen LogP contribution in [0.25, 0.3) is 99.5 Å². The van der Waals surface area contributed by atoms with E-state index >= 15 is 0 Å². The van der Waals surface area contributed by atoms with Crippen LogP contribution in [0.4, 0.5) is 5.69 Å². The van der Waals surface area contributed by atoms with Gasteiger partial charge in [-0.3, -0.25) is 4.98 Å². The van der Waals surface area contributed by atoms with Gasteiger partial charge in [0.15, 0.2) is 5.69 Å². The maximum Gasteiger partial charge on any atom is 0.187 e. The van der Waals surface area contributed by atoms with Gasteiger partial charge in [0.2, 0.25) is 0 Å². The summed E-state index contributed by atoms with van der Waals surface area (Å²) in [6, 6.07) is 69.5. The minimum Gasteiger partial charge on any atom is -0.501 e. The van der Waals surface area contributed by atoms with Crippen LogP contribution in [0, 0.1) is 25.6 Å². The zero-order chi connectivity index (χ0) is 46.0. The summed E-state index contributed by atoms with van der Waals surface area (Å²) in [7, 11) is 0. The van der Waals surface area contributed by atoms with Gasteiger partial charge >= 0.3 is 0 Å². The first-order chi connectivity index (χ1) is 32.7. The molecule has 0 fully saturated rings. The van der Waals surface area contributed by atoms with E-state index in [0.29, 0.717) is 5.69 Å². The van der Waals surface area contributed by atoms with Gasteiger partial charge in [0.25, 0.3) is 0 Å². The number of hydrogen-bond donors (Lipinski definition) is 0. The van der Waals surface area contributed by atoms with Gasteiger partial charge in [0.1, 0.15) is 5.58 Å². The summed E-state index contributed by atoms with van der Waals surface area (Å²) >= 11 is 0. The number of aromatic nitrogens is 3. The first kappa shape index (κ1) is 45.5. The standard InChI is InChI=1S/C43H35N2O.C19H13N2.Ir/c1-27(2)36-25-32(31-23-21-30(22-24-31)29-13-6-5-7-14-29)26-37(28(3)4)41(36)45-39-19-10-9-18-38(39)44-43(45)35-17-12-16-34-33-15-8-11-20-40(33)46-42(34)35;1-14-6-7-16(19-5-3-4-12-21-19)13-18(14)15-8-10-17(20-2)11-9-15;/h5-16,18-28H,1-4H3;3-6,8-13H,1H3;/q2*-1;. The molecule has 0 aliphatic carbocycles. The normalized spacial score (nSPS) is 11.1. The van der Waals surface area contributed by atoms with E-state index in [0.717, 1.165) is 72.3 Å². The molecule has 0 aliphatic rings. The molecular weight excluding hydrogens is 1010 g/mol. The van der Waals surface area contributed by atoms with E-state index in [-0.39, 0.29) is 31.9 Å². The summed E-state index contributed by atoms with van der Waals surface area (Å²) in [6.07, 6.45) is 1.78. The fraction of sp³-hybridized carbons (Fsp3) is 0.113. The fourth-order valence-corrected chi connectivity index (χ4v) is 9.01. The van der Waals surface area contributed by atoms with Crippen LogP contribution in [0.2, 0.25) is 0 Å². The van der Waals surface area contributed by atoms with Crippen molar-refractivity contribution in [2.45, 2.75) is 46.5 Å². The second-order valence-corrected chi connectivity index (χ2v) is 17.5. The summed E-state index contributed by atoms with van der Waals surface area (Å²) in [6.45, 7) is 18.2. The zero-order valence-electron chi connectivity index (χ0n) is 38.6. The van der Waals surface area contributed by atoms with Crippen LogP contribution in [0.5, 0.6) is 0 Å². The third kappa shape index (κ3) is 8.83. The van der Waals surface area contributed by atoms with Gasteiger partial charge in [0.05, 0.1) is 29.0 Å². The molecule has 1 radical (unpaired) electrons. The van der Waals surface area contributed by atoms with Crippen molar-refractivity contribution in [1.29, 1.82) is 0 Å². The maximum absolute atomic E-state index is 7.02. The average Bonchev–Trinajstić information content (AvgIpc) is 3.96. The van der Waals surface area contributed by atoms with Crippen molar-refractivity contribution in [3.8, 4) is 61.7 Å². The molecule has 0 atom stereocenters. The van der Waals surface area contributed by atoms with Crippen molar-refractivity contribution >= 4 is 38.7 Å². The fourth-order valence-electron chi connectivity index (χ4n) is 9.01. The van der Waals surface area contributed by atoms with Gasteiger partial charge in [-0.05, 0) is 92.9 Å². The predicted molar refractivity (Wildman–Crippen MR) is 277 cm³/mol. The summed E-state index contributed by atoms with van der Waals surface area (Å²) in [5.74, 6) is 1.39. The minimum atomic E-state index is 0. The second kappa shape index (κ2) is 19.7. The SMILES string of the molecule is CC(C)c1cc(-c2ccc(-c3ccccc3)cc2)cc(C(C)C)c1-n1c(-c2[c-]ccc3c2oc2ccccc23)nc2ccccc21.[C-]#[N+]c1ccc(-c2cc(-c3ccccn3)[c-]cc2C)cc1.[Ir]. The number of rotatable bonds is 8. The number of imidazole rings is 1. The zero-order valence-corrected chi connectivity index (χ0v) is 41.0. The van der Waals surface area contributed by atoms with Crippen molar-refractivity contribution in [2.24, 2.45) is 0 Å². The van der Waals surface area contributed by atoms with Gasteiger partial charge < -0.3 is 14.0 Å². The Balaban J connectivity index is 0.000000220. The Morgan fingerprint density at radius 1 is 0.618 bits per heavy atom. The van der Waals surface area contributed by atoms with Crippen LogP contribution in [-0.2, 0) is 20.1 Å². The monoisotopic (exact) mass is 1060 g/mol. The van der Waals surface area contributed by atoms with E-state index < -0.39 is 0 Å². The van der Waals surface area contributed by atoms with Crippen molar-refractivity contribution in [1.82, 2.24) is 14.5 Å². The number of nitrogens with zero attached hydrogens (tertiary/aromatic N) is 4. The number of fused-ring (bicyclic) bond motifs is 4. The van der Waals surface area contributed by atoms with Crippen LogP contribution >= 0.6 is 0 Å². The molecule has 68 heavy (non-hydrogen) atoms. The molecule has 11 rings (SSSR count). The Morgan fingerprint density at radius 2 is 1.25 bits per heavy atom. The Morgan fingerprint density at radius 3 is 1.94 bits per heavy atom. The van der Waals surface area contributed by atoms with Gasteiger partial charge in [-0.15, -0.1) is 47.5 Å². The quantitative estimate of drug-likeness (QED) is 0.143. The largest absolute Gasteiger partial charge is 0.501 e. The molecule has 3 heterocycles. The maximum atomic E-state index is 7.02. The molecule has 0 unspecified atom stereocenters. The third-order valence-electron chi connectivity index (χ3n) is 12.5. The molecule has 0 bridgehead atoms. The number of benzene rings is 8. The third-order valence-corrected chi connectivity index (χ3v) is 12.5. The Labute approximate surface area is 412 Å². The average molecular weight is 1060 g/mol. The van der Waals surface area contributed by atoms with Crippen LogP contribution in [-0.4, -0.2) is 14.5 Å². The molecular formula is C62H48IrN4O-2. The summed E-state index contributed by atoms with van der Waals surface area (Å²) in [5, 5.41) is 2.18. The van der Waals surface area contributed by atoms with Gasteiger partial charge in [0, 0.05) is 37.4 Å². The van der Waals surface area contributed by atoms with Crippen molar-refractivity contribution in [3.05, 3.63) is 228 Å². The Bertz CT molecular complexity index is 3550. The first-order valence-electron chi connectivity index (χ1n) is 22.8. The van der Waals surface area contributed by atoms with Gasteiger partial charge in [-0.25, -0.2) is 4.85 Å². The molecule has 0 spiro atoms. The molecule has 0 N–H and O–H groups in total. The van der Waals surface area contributed by atoms with Crippen LogP contribution in [0.1, 0.15) is 56.2 Å². The van der Waals surface area contributed by atoms with E-state index in [1.807, 2.05) is 66.7 Å². The van der Waals surface area contributed by atoms with Gasteiger partial charge in [-0.1, -0.05) is 172 Å². The van der Waals surface area contributed by atoms with E-state index in [2.05, 4.69) is 176 Å². The molecule has 5 nitrogen and oxygen atoms in total. The summed E-state index contributed by atoms with van der Waals surface area (Å²) < 4.78 is 8.88. The van der Waals surface area contributed by atoms with E-state index in [9.17, 15) is 0 Å². The molecule has 333 valence electrons. The molecule has 0 saturated heterocycles. The molecule has 0 amide bonds. The topological polar surface area (TPSA) is 48.2 Å². The minimum absolute atomic E-state index is 0. The molecule has 11 aromatic rings. The van der Waals surface area contributed by atoms with Crippen molar-refractivity contribution in [3.63, 3.8) is 0 Å². The number of aryl methyl sites for hydroxylation is 1. The molecule has 8 aromatic carbocycles. The number of pyridine rings is 1. The second-order valence-electron chi connectivity index (χ2n) is 17.5. The molecule has 3 aromatic heterocycles. The van der Waals surface area contributed by atoms with Crippen molar-refractivity contribution in [2.75, 3.05) is 0 Å². The smallest absolute Gasteiger partial charge is 0.187 e. The van der Waals surface area contributed by atoms with E-state index in [1.54, 1.807) is 6.20 Å². The van der Waals surface area contributed by atoms with E-state index in [4.69, 9.17) is 16.0 Å².